The van der Waals surface area contributed by atoms with Crippen molar-refractivity contribution in [1.82, 2.24) is 14.7 Å². The second-order valence-electron chi connectivity index (χ2n) is 13.0. The lowest BCUT2D eigenvalue weighted by molar-refractivity contribution is -0.192. The first kappa shape index (κ1) is 35.7. The minimum absolute atomic E-state index is 0.0971. The Morgan fingerprint density at radius 2 is 1.64 bits per heavy atom. The summed E-state index contributed by atoms with van der Waals surface area (Å²) in [4.78, 5) is 41.8. The summed E-state index contributed by atoms with van der Waals surface area (Å²) in [5.41, 5.74) is 2.71. The van der Waals surface area contributed by atoms with E-state index in [0.29, 0.717) is 17.9 Å². The fraction of sp³-hybridized carbons (Fsp3) is 0.727. The molecular formula is C33H50F3N3O5. The Morgan fingerprint density at radius 1 is 1.07 bits per heavy atom. The number of piperidine rings is 2. The van der Waals surface area contributed by atoms with Gasteiger partial charge in [0.25, 0.3) is 5.91 Å². The highest BCUT2D eigenvalue weighted by Crippen LogP contribution is 2.41. The third-order valence-corrected chi connectivity index (χ3v) is 9.47. The zero-order chi connectivity index (χ0) is 32.7. The van der Waals surface area contributed by atoms with Crippen LogP contribution in [0.5, 0.6) is 0 Å². The Hall–Kier alpha value is -2.82. The quantitative estimate of drug-likeness (QED) is 0.347. The zero-order valence-electron chi connectivity index (χ0n) is 26.9. The predicted molar refractivity (Wildman–Crippen MR) is 163 cm³/mol. The number of carbonyl (C=O) groups is 3. The monoisotopic (exact) mass is 625 g/mol. The van der Waals surface area contributed by atoms with Gasteiger partial charge >= 0.3 is 18.2 Å². The molecule has 11 heteroatoms. The number of benzene rings is 1. The lowest BCUT2D eigenvalue weighted by Crippen LogP contribution is -2.61. The summed E-state index contributed by atoms with van der Waals surface area (Å²) in [6.07, 6.45) is 3.27. The average molecular weight is 626 g/mol. The molecule has 1 N–H and O–H groups in total. The van der Waals surface area contributed by atoms with E-state index >= 15 is 0 Å². The number of ether oxygens (including phenoxy) is 1. The van der Waals surface area contributed by atoms with Crippen LogP contribution in [0.3, 0.4) is 0 Å². The maximum atomic E-state index is 13.3. The van der Waals surface area contributed by atoms with Gasteiger partial charge in [0.2, 0.25) is 0 Å². The third-order valence-electron chi connectivity index (χ3n) is 9.47. The van der Waals surface area contributed by atoms with Crippen molar-refractivity contribution in [2.45, 2.75) is 104 Å². The number of likely N-dealkylation sites (tertiary alicyclic amines) is 2. The number of carboxylic acid groups (broad SMARTS) is 1. The van der Waals surface area contributed by atoms with E-state index in [1.54, 1.807) is 0 Å². The number of carboxylic acids is 1. The molecule has 0 aromatic heterocycles. The van der Waals surface area contributed by atoms with Crippen molar-refractivity contribution in [3.05, 3.63) is 34.9 Å². The molecule has 0 saturated carbocycles. The maximum absolute atomic E-state index is 13.3. The summed E-state index contributed by atoms with van der Waals surface area (Å²) >= 11 is 0. The molecule has 0 radical (unpaired) electrons. The second-order valence-corrected chi connectivity index (χ2v) is 13.0. The van der Waals surface area contributed by atoms with Crippen molar-refractivity contribution < 1.29 is 37.4 Å². The van der Waals surface area contributed by atoms with Gasteiger partial charge in [0.15, 0.2) is 0 Å². The molecule has 2 amide bonds. The van der Waals surface area contributed by atoms with Crippen LogP contribution in [0.1, 0.15) is 93.6 Å². The van der Waals surface area contributed by atoms with Crippen molar-refractivity contribution in [3.8, 4) is 0 Å². The number of halogens is 3. The van der Waals surface area contributed by atoms with Crippen LogP contribution in [0.2, 0.25) is 0 Å². The minimum atomic E-state index is -5.08. The number of aliphatic carboxylic acids is 1. The largest absolute Gasteiger partial charge is 0.490 e. The van der Waals surface area contributed by atoms with E-state index in [-0.39, 0.29) is 17.6 Å². The van der Waals surface area contributed by atoms with Crippen LogP contribution in [0, 0.1) is 25.7 Å². The summed E-state index contributed by atoms with van der Waals surface area (Å²) in [5.74, 6) is -1.56. The van der Waals surface area contributed by atoms with Crippen LogP contribution in [-0.4, -0.2) is 94.9 Å². The average Bonchev–Trinajstić information content (AvgIpc) is 2.96. The molecule has 0 bridgehead atoms. The number of hydrogen-bond acceptors (Lipinski definition) is 5. The standard InChI is InChI=1S/C31H49N3O3.C2HF3O2/c1-6-7-11-26-22-34(17-12-23(2)3)30(36)37-31(26)15-20-32(21-16-31)27-13-18-33(19-14-27)29(35)28-24(4)9-8-10-25(28)5;3-2(4,5)1(6)7/h8-10,23,26-27H,6-7,11-22H2,1-5H3;(H,6,7). The van der Waals surface area contributed by atoms with Gasteiger partial charge in [-0.2, -0.15) is 13.2 Å². The normalized spacial score (nSPS) is 21.2. The van der Waals surface area contributed by atoms with Crippen molar-refractivity contribution in [3.63, 3.8) is 0 Å². The number of nitrogens with zero attached hydrogens (tertiary/aromatic N) is 3. The summed E-state index contributed by atoms with van der Waals surface area (Å²) in [6.45, 7) is 16.0. The molecule has 3 aliphatic heterocycles. The molecule has 3 heterocycles. The number of rotatable bonds is 8. The van der Waals surface area contributed by atoms with Gasteiger partial charge in [-0.15, -0.1) is 0 Å². The number of carbonyl (C=O) groups excluding carboxylic acids is 2. The molecule has 1 aromatic rings. The number of amides is 2. The topological polar surface area (TPSA) is 90.4 Å². The molecule has 44 heavy (non-hydrogen) atoms. The maximum Gasteiger partial charge on any atom is 0.490 e. The predicted octanol–water partition coefficient (Wildman–Crippen LogP) is 6.68. The van der Waals surface area contributed by atoms with Crippen molar-refractivity contribution in [2.75, 3.05) is 39.3 Å². The van der Waals surface area contributed by atoms with Crippen molar-refractivity contribution >= 4 is 18.0 Å². The summed E-state index contributed by atoms with van der Waals surface area (Å²) in [7, 11) is 0. The van der Waals surface area contributed by atoms with Gasteiger partial charge < -0.3 is 19.6 Å². The van der Waals surface area contributed by atoms with Gasteiger partial charge in [-0.05, 0) is 56.6 Å². The highest BCUT2D eigenvalue weighted by Gasteiger charge is 2.50. The van der Waals surface area contributed by atoms with E-state index in [1.807, 2.05) is 41.8 Å². The van der Waals surface area contributed by atoms with Gasteiger partial charge in [-0.25, -0.2) is 9.59 Å². The SMILES string of the molecule is CCCCC1CN(CCC(C)C)C(=O)OC12CCN(C1CCN(C(=O)c3c(C)cccc3C)CC1)CC2.O=C(O)C(F)(F)F. The molecule has 8 nitrogen and oxygen atoms in total. The van der Waals surface area contributed by atoms with Crippen molar-refractivity contribution in [2.24, 2.45) is 11.8 Å². The van der Waals surface area contributed by atoms with Crippen LogP contribution in [0.4, 0.5) is 18.0 Å². The van der Waals surface area contributed by atoms with Gasteiger partial charge in [0.05, 0.1) is 0 Å². The Morgan fingerprint density at radius 3 is 2.14 bits per heavy atom. The van der Waals surface area contributed by atoms with Crippen LogP contribution < -0.4 is 0 Å². The Bertz CT molecular complexity index is 1110. The second kappa shape index (κ2) is 15.5. The first-order chi connectivity index (χ1) is 20.7. The Kier molecular flexibility index (Phi) is 12.5. The molecule has 3 saturated heterocycles. The number of hydrogen-bond donors (Lipinski definition) is 1. The highest BCUT2D eigenvalue weighted by molar-refractivity contribution is 5.97. The molecule has 1 aromatic carbocycles. The molecule has 4 rings (SSSR count). The molecule has 0 aliphatic carbocycles. The van der Waals surface area contributed by atoms with E-state index < -0.39 is 12.1 Å². The molecule has 1 atom stereocenters. The van der Waals surface area contributed by atoms with Crippen LogP contribution >= 0.6 is 0 Å². The lowest BCUT2D eigenvalue weighted by atomic mass is 9.75. The fourth-order valence-corrected chi connectivity index (χ4v) is 6.75. The molecule has 3 aliphatic rings. The molecule has 3 fully saturated rings. The number of alkyl halides is 3. The molecule has 1 unspecified atom stereocenters. The van der Waals surface area contributed by atoms with Crippen LogP contribution in [0.25, 0.3) is 0 Å². The summed E-state index contributed by atoms with van der Waals surface area (Å²) in [5, 5.41) is 7.12. The van der Waals surface area contributed by atoms with Crippen LogP contribution in [0.15, 0.2) is 18.2 Å². The molecule has 248 valence electrons. The van der Waals surface area contributed by atoms with Gasteiger partial charge in [0, 0.05) is 69.6 Å². The van der Waals surface area contributed by atoms with E-state index in [1.165, 1.54) is 12.8 Å². The highest BCUT2D eigenvalue weighted by atomic mass is 19.4. The molecular weight excluding hydrogens is 575 g/mol. The number of unbranched alkanes of at least 4 members (excludes halogenated alkanes) is 1. The van der Waals surface area contributed by atoms with E-state index in [4.69, 9.17) is 14.6 Å². The fourth-order valence-electron chi connectivity index (χ4n) is 6.75. The Balaban J connectivity index is 0.000000676. The smallest absolute Gasteiger partial charge is 0.475 e. The van der Waals surface area contributed by atoms with Crippen LogP contribution in [-0.2, 0) is 9.53 Å². The van der Waals surface area contributed by atoms with E-state index in [0.717, 1.165) is 94.5 Å². The first-order valence-electron chi connectivity index (χ1n) is 16.1. The van der Waals surface area contributed by atoms with E-state index in [9.17, 15) is 22.8 Å². The van der Waals surface area contributed by atoms with E-state index in [2.05, 4.69) is 25.7 Å². The minimum Gasteiger partial charge on any atom is -0.475 e. The van der Waals surface area contributed by atoms with Gasteiger partial charge in [0.1, 0.15) is 5.60 Å². The summed E-state index contributed by atoms with van der Waals surface area (Å²) < 4.78 is 38.1. The molecule has 1 spiro atoms. The van der Waals surface area contributed by atoms with Gasteiger partial charge in [-0.1, -0.05) is 51.8 Å². The number of aryl methyl sites for hydroxylation is 2. The zero-order valence-corrected chi connectivity index (χ0v) is 26.9. The Labute approximate surface area is 259 Å². The lowest BCUT2D eigenvalue weighted by Gasteiger charge is -2.52. The van der Waals surface area contributed by atoms with Gasteiger partial charge in [-0.3, -0.25) is 9.69 Å². The first-order valence-corrected chi connectivity index (χ1v) is 16.1. The summed E-state index contributed by atoms with van der Waals surface area (Å²) in [6, 6.07) is 6.60. The van der Waals surface area contributed by atoms with Crippen molar-refractivity contribution in [1.29, 1.82) is 0 Å². The third kappa shape index (κ3) is 9.11.